The van der Waals surface area contributed by atoms with Crippen molar-refractivity contribution >= 4 is 0 Å². The quantitative estimate of drug-likeness (QED) is 0.901. The van der Waals surface area contributed by atoms with E-state index in [4.69, 9.17) is 9.47 Å². The van der Waals surface area contributed by atoms with Crippen LogP contribution in [0, 0.1) is 6.92 Å². The minimum absolute atomic E-state index is 0.142. The smallest absolute Gasteiger partial charge is 0.231 e. The lowest BCUT2D eigenvalue weighted by atomic mass is 10.1. The predicted octanol–water partition coefficient (Wildman–Crippen LogP) is 2.01. The maximum atomic E-state index is 10.0. The molecule has 0 saturated heterocycles. The normalized spacial score (nSPS) is 14.4. The summed E-state index contributed by atoms with van der Waals surface area (Å²) in [6.45, 7) is 4.86. The molecule has 2 heterocycles. The van der Waals surface area contributed by atoms with E-state index >= 15 is 0 Å². The van der Waals surface area contributed by atoms with Crippen LogP contribution in [0.3, 0.4) is 0 Å². The summed E-state index contributed by atoms with van der Waals surface area (Å²) < 4.78 is 12.4. The summed E-state index contributed by atoms with van der Waals surface area (Å²) in [5.41, 5.74) is 3.07. The van der Waals surface area contributed by atoms with Crippen LogP contribution in [0.2, 0.25) is 0 Å². The second kappa shape index (κ2) is 5.29. The number of aromatic hydroxyl groups is 1. The molecule has 112 valence electrons. The highest BCUT2D eigenvalue weighted by molar-refractivity contribution is 5.51. The van der Waals surface area contributed by atoms with Crippen LogP contribution in [0.4, 0.5) is 0 Å². The van der Waals surface area contributed by atoms with Crippen LogP contribution in [0.15, 0.2) is 18.3 Å². The summed E-state index contributed by atoms with van der Waals surface area (Å²) in [5, 5.41) is 17.7. The zero-order chi connectivity index (χ0) is 15.0. The number of ether oxygens (including phenoxy) is 2. The van der Waals surface area contributed by atoms with Crippen molar-refractivity contribution in [2.45, 2.75) is 26.4 Å². The lowest BCUT2D eigenvalue weighted by Gasteiger charge is -2.14. The van der Waals surface area contributed by atoms with Gasteiger partial charge in [-0.3, -0.25) is 4.68 Å². The maximum Gasteiger partial charge on any atom is 0.231 e. The fourth-order valence-electron chi connectivity index (χ4n) is 2.43. The van der Waals surface area contributed by atoms with Gasteiger partial charge in [-0.05, 0) is 19.9 Å². The number of hydrogen-bond acceptors (Lipinski definition) is 5. The second-order valence-electron chi connectivity index (χ2n) is 5.25. The van der Waals surface area contributed by atoms with Crippen molar-refractivity contribution in [2.75, 3.05) is 6.79 Å². The Bertz CT molecular complexity index is 666. The van der Waals surface area contributed by atoms with Gasteiger partial charge in [0.2, 0.25) is 6.79 Å². The van der Waals surface area contributed by atoms with Crippen LogP contribution in [-0.2, 0) is 13.6 Å². The minimum Gasteiger partial charge on any atom is -0.507 e. The number of phenols is 1. The summed E-state index contributed by atoms with van der Waals surface area (Å²) >= 11 is 0. The van der Waals surface area contributed by atoms with E-state index in [9.17, 15) is 5.11 Å². The highest BCUT2D eigenvalue weighted by Gasteiger charge is 2.18. The molecule has 0 bridgehead atoms. The molecule has 2 aromatic rings. The van der Waals surface area contributed by atoms with Crippen LogP contribution < -0.4 is 14.8 Å². The van der Waals surface area contributed by atoms with E-state index in [2.05, 4.69) is 17.3 Å². The van der Waals surface area contributed by atoms with E-state index in [0.29, 0.717) is 18.0 Å². The maximum absolute atomic E-state index is 10.0. The number of nitrogens with zero attached hydrogens (tertiary/aromatic N) is 2. The monoisotopic (exact) mass is 289 g/mol. The SMILES string of the molecule is Cc1c(C(C)NCc2cc3c(cc2O)OCO3)cnn1C. The van der Waals surface area contributed by atoms with Crippen LogP contribution in [-0.4, -0.2) is 21.7 Å². The number of aryl methyl sites for hydroxylation is 1. The number of fused-ring (bicyclic) bond motifs is 1. The number of hydrogen-bond donors (Lipinski definition) is 2. The molecule has 0 spiro atoms. The van der Waals surface area contributed by atoms with Gasteiger partial charge >= 0.3 is 0 Å². The van der Waals surface area contributed by atoms with Crippen molar-refractivity contribution < 1.29 is 14.6 Å². The van der Waals surface area contributed by atoms with Crippen LogP contribution >= 0.6 is 0 Å². The van der Waals surface area contributed by atoms with Gasteiger partial charge in [0.05, 0.1) is 6.20 Å². The summed E-state index contributed by atoms with van der Waals surface area (Å²) in [6.07, 6.45) is 1.87. The van der Waals surface area contributed by atoms with Crippen molar-refractivity contribution in [3.8, 4) is 17.2 Å². The standard InChI is InChI=1S/C15H19N3O3/c1-9(12-7-17-18(3)10(12)2)16-6-11-4-14-15(5-13(11)19)21-8-20-14/h4-5,7,9,16,19H,6,8H2,1-3H3. The Kier molecular flexibility index (Phi) is 3.47. The first-order valence-corrected chi connectivity index (χ1v) is 6.89. The Balaban J connectivity index is 1.72. The van der Waals surface area contributed by atoms with Gasteiger partial charge in [0.25, 0.3) is 0 Å². The number of rotatable bonds is 4. The molecule has 0 radical (unpaired) electrons. The van der Waals surface area contributed by atoms with Crippen LogP contribution in [0.5, 0.6) is 17.2 Å². The van der Waals surface area contributed by atoms with E-state index in [1.54, 1.807) is 6.07 Å². The van der Waals surface area contributed by atoms with Gasteiger partial charge in [-0.15, -0.1) is 0 Å². The first-order chi connectivity index (χ1) is 10.1. The molecule has 21 heavy (non-hydrogen) atoms. The molecule has 1 aliphatic rings. The highest BCUT2D eigenvalue weighted by Crippen LogP contribution is 2.37. The predicted molar refractivity (Wildman–Crippen MR) is 77.4 cm³/mol. The Labute approximate surface area is 123 Å². The molecule has 2 N–H and O–H groups in total. The Morgan fingerprint density at radius 3 is 2.76 bits per heavy atom. The zero-order valence-electron chi connectivity index (χ0n) is 12.4. The lowest BCUT2D eigenvalue weighted by Crippen LogP contribution is -2.18. The van der Waals surface area contributed by atoms with Crippen molar-refractivity contribution in [2.24, 2.45) is 7.05 Å². The van der Waals surface area contributed by atoms with E-state index in [0.717, 1.165) is 16.8 Å². The van der Waals surface area contributed by atoms with Gasteiger partial charge in [0.1, 0.15) is 5.75 Å². The third-order valence-corrected chi connectivity index (χ3v) is 3.91. The van der Waals surface area contributed by atoms with Crippen molar-refractivity contribution in [3.05, 3.63) is 35.2 Å². The first-order valence-electron chi connectivity index (χ1n) is 6.89. The molecule has 6 heteroatoms. The molecule has 0 amide bonds. The lowest BCUT2D eigenvalue weighted by molar-refractivity contribution is 0.174. The molecule has 6 nitrogen and oxygen atoms in total. The molecule has 0 aliphatic carbocycles. The molecule has 1 aliphatic heterocycles. The Hall–Kier alpha value is -2.21. The van der Waals surface area contributed by atoms with E-state index in [-0.39, 0.29) is 18.6 Å². The van der Waals surface area contributed by atoms with Gasteiger partial charge in [0, 0.05) is 42.5 Å². The molecular weight excluding hydrogens is 270 g/mol. The Morgan fingerprint density at radius 1 is 1.38 bits per heavy atom. The van der Waals surface area contributed by atoms with E-state index in [1.165, 1.54) is 0 Å². The zero-order valence-corrected chi connectivity index (χ0v) is 12.4. The summed E-state index contributed by atoms with van der Waals surface area (Å²) in [6, 6.07) is 3.55. The van der Waals surface area contributed by atoms with Crippen molar-refractivity contribution in [1.29, 1.82) is 0 Å². The van der Waals surface area contributed by atoms with Crippen molar-refractivity contribution in [1.82, 2.24) is 15.1 Å². The van der Waals surface area contributed by atoms with Crippen molar-refractivity contribution in [3.63, 3.8) is 0 Å². The largest absolute Gasteiger partial charge is 0.507 e. The molecule has 0 saturated carbocycles. The molecule has 1 unspecified atom stereocenters. The highest BCUT2D eigenvalue weighted by atomic mass is 16.7. The van der Waals surface area contributed by atoms with Crippen LogP contribution in [0.25, 0.3) is 0 Å². The molecule has 1 atom stereocenters. The van der Waals surface area contributed by atoms with Gasteiger partial charge in [-0.25, -0.2) is 0 Å². The van der Waals surface area contributed by atoms with Gasteiger partial charge in [-0.1, -0.05) is 0 Å². The molecule has 0 fully saturated rings. The van der Waals surface area contributed by atoms with E-state index < -0.39 is 0 Å². The Morgan fingerprint density at radius 2 is 2.10 bits per heavy atom. The van der Waals surface area contributed by atoms with Gasteiger partial charge in [-0.2, -0.15) is 5.10 Å². The molecule has 1 aromatic carbocycles. The minimum atomic E-state index is 0.142. The summed E-state index contributed by atoms with van der Waals surface area (Å²) in [7, 11) is 1.93. The molecule has 1 aromatic heterocycles. The number of phenolic OH excluding ortho intramolecular Hbond substituents is 1. The molecular formula is C15H19N3O3. The fourth-order valence-corrected chi connectivity index (χ4v) is 2.43. The first kappa shape index (κ1) is 13.8. The number of nitrogens with one attached hydrogen (secondary N) is 1. The fraction of sp³-hybridized carbons (Fsp3) is 0.400. The average molecular weight is 289 g/mol. The van der Waals surface area contributed by atoms with Gasteiger partial charge in [0.15, 0.2) is 11.5 Å². The summed E-state index contributed by atoms with van der Waals surface area (Å²) in [4.78, 5) is 0. The summed E-state index contributed by atoms with van der Waals surface area (Å²) in [5.74, 6) is 1.48. The van der Waals surface area contributed by atoms with Gasteiger partial charge < -0.3 is 19.9 Å². The second-order valence-corrected chi connectivity index (χ2v) is 5.25. The average Bonchev–Trinajstić information content (AvgIpc) is 3.03. The molecule has 3 rings (SSSR count). The third kappa shape index (κ3) is 2.54. The topological polar surface area (TPSA) is 68.5 Å². The third-order valence-electron chi connectivity index (χ3n) is 3.91. The van der Waals surface area contributed by atoms with Crippen LogP contribution in [0.1, 0.15) is 29.8 Å². The number of aromatic nitrogens is 2. The number of benzene rings is 1. The van der Waals surface area contributed by atoms with E-state index in [1.807, 2.05) is 30.9 Å².